The van der Waals surface area contributed by atoms with Crippen molar-refractivity contribution >= 4 is 29.9 Å². The Balaban J connectivity index is 0.00000392. The highest BCUT2D eigenvalue weighted by Crippen LogP contribution is 2.29. The average molecular weight is 510 g/mol. The van der Waals surface area contributed by atoms with Gasteiger partial charge in [-0.25, -0.2) is 4.99 Å². The molecule has 0 saturated heterocycles. The maximum atomic E-state index is 12.6. The second-order valence-electron chi connectivity index (χ2n) is 5.98. The minimum atomic E-state index is -4.33. The Kier molecular flexibility index (Phi) is 9.77. The highest BCUT2D eigenvalue weighted by molar-refractivity contribution is 14.0. The number of hydrogen-bond donors (Lipinski definition) is 2. The first-order valence-electron chi connectivity index (χ1n) is 9.03. The van der Waals surface area contributed by atoms with Gasteiger partial charge in [0.2, 0.25) is 0 Å². The molecule has 2 rings (SSSR count). The summed E-state index contributed by atoms with van der Waals surface area (Å²) in [4.78, 5) is 4.45. The zero-order valence-corrected chi connectivity index (χ0v) is 18.5. The second kappa shape index (κ2) is 11.3. The van der Waals surface area contributed by atoms with E-state index in [1.807, 2.05) is 20.8 Å². The number of guanidine groups is 1. The lowest BCUT2D eigenvalue weighted by Gasteiger charge is -2.12. The van der Waals surface area contributed by atoms with Crippen molar-refractivity contribution in [2.24, 2.45) is 4.99 Å². The van der Waals surface area contributed by atoms with Gasteiger partial charge in [0.25, 0.3) is 0 Å². The minimum absolute atomic E-state index is 0. The van der Waals surface area contributed by atoms with Crippen LogP contribution in [0.4, 0.5) is 13.2 Å². The maximum absolute atomic E-state index is 12.6. The smallest absolute Gasteiger partial charge is 0.361 e. The molecule has 2 N–H and O–H groups in total. The van der Waals surface area contributed by atoms with Gasteiger partial charge < -0.3 is 15.2 Å². The molecule has 1 aromatic heterocycles. The summed E-state index contributed by atoms with van der Waals surface area (Å²) in [6.45, 7) is 7.44. The van der Waals surface area contributed by atoms with Gasteiger partial charge in [0.05, 0.1) is 17.8 Å². The number of rotatable bonds is 7. The number of halogens is 4. The molecule has 0 spiro atoms. The van der Waals surface area contributed by atoms with Crippen LogP contribution in [-0.4, -0.2) is 17.7 Å². The summed E-state index contributed by atoms with van der Waals surface area (Å²) in [5.41, 5.74) is 1.98. The van der Waals surface area contributed by atoms with Gasteiger partial charge in [0.15, 0.2) is 5.96 Å². The average Bonchev–Trinajstić information content (AvgIpc) is 3.05. The molecule has 1 aromatic carbocycles. The molecule has 0 unspecified atom stereocenters. The van der Waals surface area contributed by atoms with Crippen LogP contribution in [0.5, 0.6) is 0 Å². The molecule has 0 aliphatic heterocycles. The quantitative estimate of drug-likeness (QED) is 0.323. The fourth-order valence-corrected chi connectivity index (χ4v) is 2.62. The maximum Gasteiger partial charge on any atom is 0.416 e. The van der Waals surface area contributed by atoms with Gasteiger partial charge >= 0.3 is 6.18 Å². The fourth-order valence-electron chi connectivity index (χ4n) is 2.62. The Morgan fingerprint density at radius 1 is 1.07 bits per heavy atom. The molecule has 28 heavy (non-hydrogen) atoms. The first kappa shape index (κ1) is 24.3. The van der Waals surface area contributed by atoms with Crippen LogP contribution in [0.25, 0.3) is 0 Å². The van der Waals surface area contributed by atoms with E-state index in [2.05, 4.69) is 20.8 Å². The highest BCUT2D eigenvalue weighted by Gasteiger charge is 2.29. The topological polar surface area (TPSA) is 62.5 Å². The molecule has 0 atom stereocenters. The van der Waals surface area contributed by atoms with E-state index in [9.17, 15) is 13.2 Å². The first-order valence-corrected chi connectivity index (χ1v) is 9.03. The molecule has 0 saturated carbocycles. The zero-order chi connectivity index (χ0) is 19.9. The Morgan fingerprint density at radius 3 is 2.29 bits per heavy atom. The van der Waals surface area contributed by atoms with E-state index in [4.69, 9.17) is 4.52 Å². The highest BCUT2D eigenvalue weighted by atomic mass is 127. The van der Waals surface area contributed by atoms with E-state index in [0.717, 1.165) is 42.0 Å². The van der Waals surface area contributed by atoms with Gasteiger partial charge in [-0.2, -0.15) is 13.2 Å². The van der Waals surface area contributed by atoms with Crippen molar-refractivity contribution in [3.8, 4) is 0 Å². The van der Waals surface area contributed by atoms with Crippen molar-refractivity contribution in [1.82, 2.24) is 15.8 Å². The Labute approximate surface area is 180 Å². The van der Waals surface area contributed by atoms with Crippen LogP contribution in [0, 0.1) is 0 Å². The normalized spacial score (nSPS) is 11.9. The van der Waals surface area contributed by atoms with Crippen LogP contribution in [0.1, 0.15) is 48.9 Å². The molecule has 5 nitrogen and oxygen atoms in total. The van der Waals surface area contributed by atoms with Crippen molar-refractivity contribution in [2.45, 2.75) is 52.9 Å². The lowest BCUT2D eigenvalue weighted by molar-refractivity contribution is -0.137. The third-order valence-corrected chi connectivity index (χ3v) is 4.08. The van der Waals surface area contributed by atoms with Gasteiger partial charge in [0, 0.05) is 25.1 Å². The summed E-state index contributed by atoms with van der Waals surface area (Å²) in [5, 5.41) is 10.5. The SMILES string of the molecule is CCNC(=NCc1ccc(C(F)(F)F)cc1)NCc1c(CC)noc1CC.I. The van der Waals surface area contributed by atoms with E-state index < -0.39 is 11.7 Å². The molecular weight excluding hydrogens is 484 g/mol. The lowest BCUT2D eigenvalue weighted by atomic mass is 10.1. The third-order valence-electron chi connectivity index (χ3n) is 4.08. The summed E-state index contributed by atoms with van der Waals surface area (Å²) >= 11 is 0. The summed E-state index contributed by atoms with van der Waals surface area (Å²) in [6, 6.07) is 5.04. The second-order valence-corrected chi connectivity index (χ2v) is 5.98. The number of nitrogens with one attached hydrogen (secondary N) is 2. The molecule has 0 fully saturated rings. The van der Waals surface area contributed by atoms with Gasteiger partial charge in [-0.1, -0.05) is 31.1 Å². The summed E-state index contributed by atoms with van der Waals surface area (Å²) in [5.74, 6) is 1.43. The van der Waals surface area contributed by atoms with E-state index >= 15 is 0 Å². The van der Waals surface area contributed by atoms with Crippen LogP contribution in [0.15, 0.2) is 33.8 Å². The van der Waals surface area contributed by atoms with Crippen molar-refractivity contribution < 1.29 is 17.7 Å². The number of benzene rings is 1. The standard InChI is InChI=1S/C19H25F3N4O.HI/c1-4-16-15(17(5-2)27-26-16)12-25-18(23-6-3)24-11-13-7-9-14(10-8-13)19(20,21)22;/h7-10H,4-6,11-12H2,1-3H3,(H2,23,24,25);1H. The molecule has 156 valence electrons. The van der Waals surface area contributed by atoms with Gasteiger partial charge in [0.1, 0.15) is 5.76 Å². The largest absolute Gasteiger partial charge is 0.416 e. The number of nitrogens with zero attached hydrogens (tertiary/aromatic N) is 2. The van der Waals surface area contributed by atoms with E-state index in [0.29, 0.717) is 24.6 Å². The molecule has 0 bridgehead atoms. The number of hydrogen-bond acceptors (Lipinski definition) is 3. The number of aromatic nitrogens is 1. The summed E-state index contributed by atoms with van der Waals surface area (Å²) < 4.78 is 43.3. The summed E-state index contributed by atoms with van der Waals surface area (Å²) in [7, 11) is 0. The molecule has 2 aromatic rings. The molecule has 0 radical (unpaired) electrons. The molecular formula is C19H26F3IN4O. The van der Waals surface area contributed by atoms with Crippen LogP contribution >= 0.6 is 24.0 Å². The van der Waals surface area contributed by atoms with E-state index in [1.165, 1.54) is 12.1 Å². The predicted octanol–water partition coefficient (Wildman–Crippen LogP) is 4.69. The Bertz CT molecular complexity index is 736. The first-order chi connectivity index (χ1) is 12.9. The molecule has 0 aliphatic carbocycles. The van der Waals surface area contributed by atoms with Gasteiger partial charge in [-0.05, 0) is 31.0 Å². The van der Waals surface area contributed by atoms with Crippen LogP contribution in [0.2, 0.25) is 0 Å². The zero-order valence-electron chi connectivity index (χ0n) is 16.2. The monoisotopic (exact) mass is 510 g/mol. The van der Waals surface area contributed by atoms with E-state index in [1.54, 1.807) is 0 Å². The summed E-state index contributed by atoms with van der Waals surface area (Å²) in [6.07, 6.45) is -2.80. The number of aryl methyl sites for hydroxylation is 2. The third kappa shape index (κ3) is 6.68. The van der Waals surface area contributed by atoms with Gasteiger partial charge in [-0.3, -0.25) is 0 Å². The Morgan fingerprint density at radius 2 is 1.75 bits per heavy atom. The minimum Gasteiger partial charge on any atom is -0.361 e. The molecule has 1 heterocycles. The van der Waals surface area contributed by atoms with Crippen LogP contribution in [0.3, 0.4) is 0 Å². The predicted molar refractivity (Wildman–Crippen MR) is 114 cm³/mol. The number of alkyl halides is 3. The Hall–Kier alpha value is -1.78. The van der Waals surface area contributed by atoms with Crippen molar-refractivity contribution in [1.29, 1.82) is 0 Å². The van der Waals surface area contributed by atoms with Crippen LogP contribution in [-0.2, 0) is 32.1 Å². The van der Waals surface area contributed by atoms with Crippen molar-refractivity contribution in [2.75, 3.05) is 6.54 Å². The lowest BCUT2D eigenvalue weighted by Crippen LogP contribution is -2.37. The molecule has 9 heteroatoms. The van der Waals surface area contributed by atoms with E-state index in [-0.39, 0.29) is 30.5 Å². The molecule has 0 amide bonds. The fraction of sp³-hybridized carbons (Fsp3) is 0.474. The van der Waals surface area contributed by atoms with Crippen LogP contribution < -0.4 is 10.6 Å². The number of aliphatic imine (C=N–C) groups is 1. The molecule has 0 aliphatic rings. The van der Waals surface area contributed by atoms with Crippen molar-refractivity contribution in [3.63, 3.8) is 0 Å². The van der Waals surface area contributed by atoms with Crippen molar-refractivity contribution in [3.05, 3.63) is 52.4 Å². The van der Waals surface area contributed by atoms with Gasteiger partial charge in [-0.15, -0.1) is 24.0 Å².